The van der Waals surface area contributed by atoms with Crippen LogP contribution >= 0.6 is 0 Å². The molecule has 0 aliphatic heterocycles. The molecule has 7 nitrogen and oxygen atoms in total. The van der Waals surface area contributed by atoms with Gasteiger partial charge in [0.1, 0.15) is 5.69 Å². The number of amidine groups is 1. The molecule has 0 aliphatic rings. The Bertz CT molecular complexity index is 821. The van der Waals surface area contributed by atoms with E-state index in [0.717, 1.165) is 11.4 Å². The second kappa shape index (κ2) is 6.18. The third-order valence-electron chi connectivity index (χ3n) is 3.29. The molecule has 0 spiro atoms. The minimum Gasteiger partial charge on any atom is -0.409 e. The number of nitrogens with two attached hydrogens (primary N) is 1. The molecule has 0 unspecified atom stereocenters. The van der Waals surface area contributed by atoms with Crippen molar-refractivity contribution < 1.29 is 5.21 Å². The zero-order chi connectivity index (χ0) is 16.2. The predicted molar refractivity (Wildman–Crippen MR) is 88.3 cm³/mol. The summed E-state index contributed by atoms with van der Waals surface area (Å²) in [6.07, 6.45) is 3.48. The lowest BCUT2D eigenvalue weighted by molar-refractivity contribution is 0.318. The van der Waals surface area contributed by atoms with Crippen LogP contribution in [0.4, 0.5) is 11.5 Å². The summed E-state index contributed by atoms with van der Waals surface area (Å²) in [5.74, 6) is 0.670. The molecule has 2 heterocycles. The van der Waals surface area contributed by atoms with Crippen molar-refractivity contribution in [3.63, 3.8) is 0 Å². The highest BCUT2D eigenvalue weighted by Gasteiger charge is 2.04. The van der Waals surface area contributed by atoms with Crippen LogP contribution in [0, 0.1) is 6.92 Å². The fraction of sp³-hybridized carbons (Fsp3) is 0.0625. The lowest BCUT2D eigenvalue weighted by Crippen LogP contribution is -2.14. The molecule has 0 atom stereocenters. The first kappa shape index (κ1) is 14.6. The summed E-state index contributed by atoms with van der Waals surface area (Å²) in [6.45, 7) is 2.05. The first-order valence-electron chi connectivity index (χ1n) is 6.99. The van der Waals surface area contributed by atoms with Crippen molar-refractivity contribution in [3.8, 4) is 5.69 Å². The highest BCUT2D eigenvalue weighted by atomic mass is 16.4. The molecule has 0 aliphatic carbocycles. The quantitative estimate of drug-likeness (QED) is 0.297. The Kier molecular flexibility index (Phi) is 3.92. The fourth-order valence-corrected chi connectivity index (χ4v) is 2.05. The Labute approximate surface area is 133 Å². The molecule has 2 aromatic heterocycles. The topological polar surface area (TPSA) is 101 Å². The zero-order valence-electron chi connectivity index (χ0n) is 12.5. The van der Waals surface area contributed by atoms with E-state index in [-0.39, 0.29) is 5.84 Å². The number of nitrogens with one attached hydrogen (secondary N) is 1. The minimum absolute atomic E-state index is 0.0276. The fourth-order valence-electron chi connectivity index (χ4n) is 2.05. The molecule has 0 radical (unpaired) electrons. The van der Waals surface area contributed by atoms with Crippen LogP contribution in [0.2, 0.25) is 0 Å². The van der Waals surface area contributed by atoms with E-state index in [4.69, 9.17) is 10.9 Å². The van der Waals surface area contributed by atoms with Crippen LogP contribution in [-0.2, 0) is 0 Å². The largest absolute Gasteiger partial charge is 0.409 e. The van der Waals surface area contributed by atoms with Gasteiger partial charge >= 0.3 is 0 Å². The van der Waals surface area contributed by atoms with Crippen molar-refractivity contribution in [1.29, 1.82) is 0 Å². The maximum absolute atomic E-state index is 8.62. The molecule has 0 saturated carbocycles. The molecule has 0 bridgehead atoms. The number of benzene rings is 1. The van der Waals surface area contributed by atoms with E-state index in [1.165, 1.54) is 5.56 Å². The van der Waals surface area contributed by atoms with Gasteiger partial charge in [0.05, 0.1) is 17.6 Å². The molecular formula is C16H16N6O. The van der Waals surface area contributed by atoms with Crippen molar-refractivity contribution in [2.24, 2.45) is 10.9 Å². The van der Waals surface area contributed by atoms with Gasteiger partial charge < -0.3 is 16.3 Å². The smallest absolute Gasteiger partial charge is 0.188 e. The lowest BCUT2D eigenvalue weighted by atomic mass is 10.2. The second-order valence-corrected chi connectivity index (χ2v) is 5.02. The van der Waals surface area contributed by atoms with Crippen LogP contribution in [0.3, 0.4) is 0 Å². The van der Waals surface area contributed by atoms with E-state index in [9.17, 15) is 0 Å². The van der Waals surface area contributed by atoms with Gasteiger partial charge in [0.2, 0.25) is 0 Å². The Balaban J connectivity index is 1.75. The van der Waals surface area contributed by atoms with Crippen LogP contribution < -0.4 is 11.1 Å². The minimum atomic E-state index is -0.0276. The molecule has 3 aromatic rings. The van der Waals surface area contributed by atoms with E-state index in [0.29, 0.717) is 11.5 Å². The van der Waals surface area contributed by atoms with Crippen LogP contribution in [0.15, 0.2) is 60.0 Å². The van der Waals surface area contributed by atoms with E-state index in [1.807, 2.05) is 43.5 Å². The zero-order valence-corrected chi connectivity index (χ0v) is 12.5. The summed E-state index contributed by atoms with van der Waals surface area (Å²) in [5, 5.41) is 19.1. The van der Waals surface area contributed by atoms with Crippen LogP contribution in [0.5, 0.6) is 0 Å². The number of hydrogen-bond donors (Lipinski definition) is 3. The molecule has 0 saturated heterocycles. The number of anilines is 2. The van der Waals surface area contributed by atoms with Gasteiger partial charge in [-0.1, -0.05) is 22.9 Å². The molecule has 0 amide bonds. The number of nitrogens with zero attached hydrogens (tertiary/aromatic N) is 4. The molecule has 116 valence electrons. The monoisotopic (exact) mass is 308 g/mol. The third-order valence-corrected chi connectivity index (χ3v) is 3.29. The van der Waals surface area contributed by atoms with Gasteiger partial charge in [0.15, 0.2) is 11.7 Å². The number of pyridine rings is 1. The van der Waals surface area contributed by atoms with Crippen LogP contribution in [-0.4, -0.2) is 25.8 Å². The van der Waals surface area contributed by atoms with Crippen LogP contribution in [0.25, 0.3) is 5.69 Å². The van der Waals surface area contributed by atoms with Crippen molar-refractivity contribution >= 4 is 17.3 Å². The first-order chi connectivity index (χ1) is 11.2. The Morgan fingerprint density at radius 2 is 1.96 bits per heavy atom. The van der Waals surface area contributed by atoms with Gasteiger partial charge in [0.25, 0.3) is 0 Å². The molecule has 4 N–H and O–H groups in total. The van der Waals surface area contributed by atoms with E-state index >= 15 is 0 Å². The first-order valence-corrected chi connectivity index (χ1v) is 6.99. The number of aryl methyl sites for hydroxylation is 1. The highest BCUT2D eigenvalue weighted by Crippen LogP contribution is 2.16. The van der Waals surface area contributed by atoms with Crippen LogP contribution in [0.1, 0.15) is 11.3 Å². The molecule has 3 rings (SSSR count). The number of oxime groups is 1. The number of rotatable bonds is 4. The summed E-state index contributed by atoms with van der Waals surface area (Å²) >= 11 is 0. The number of aromatic nitrogens is 3. The molecule has 1 aromatic carbocycles. The van der Waals surface area contributed by atoms with Crippen molar-refractivity contribution in [1.82, 2.24) is 14.8 Å². The molecule has 7 heteroatoms. The summed E-state index contributed by atoms with van der Waals surface area (Å²) in [4.78, 5) is 4.11. The molecule has 0 fully saturated rings. The van der Waals surface area contributed by atoms with Crippen molar-refractivity contribution in [2.45, 2.75) is 6.92 Å². The summed E-state index contributed by atoms with van der Waals surface area (Å²) in [7, 11) is 0. The van der Waals surface area contributed by atoms with Crippen molar-refractivity contribution in [3.05, 3.63) is 66.1 Å². The van der Waals surface area contributed by atoms with E-state index in [2.05, 4.69) is 20.6 Å². The normalized spacial score (nSPS) is 11.4. The lowest BCUT2D eigenvalue weighted by Gasteiger charge is -2.04. The Morgan fingerprint density at radius 3 is 2.61 bits per heavy atom. The highest BCUT2D eigenvalue weighted by molar-refractivity contribution is 5.95. The van der Waals surface area contributed by atoms with Gasteiger partial charge in [-0.05, 0) is 31.2 Å². The maximum Gasteiger partial charge on any atom is 0.188 e. The van der Waals surface area contributed by atoms with Gasteiger partial charge in [-0.3, -0.25) is 4.98 Å². The summed E-state index contributed by atoms with van der Waals surface area (Å²) in [5.41, 5.74) is 8.84. The summed E-state index contributed by atoms with van der Waals surface area (Å²) in [6, 6.07) is 13.4. The Morgan fingerprint density at radius 1 is 1.17 bits per heavy atom. The third kappa shape index (κ3) is 3.29. The average molecular weight is 308 g/mol. The predicted octanol–water partition coefficient (Wildman–Crippen LogP) is 2.41. The van der Waals surface area contributed by atoms with Gasteiger partial charge in [-0.25, -0.2) is 4.68 Å². The summed E-state index contributed by atoms with van der Waals surface area (Å²) < 4.78 is 1.79. The second-order valence-electron chi connectivity index (χ2n) is 5.02. The average Bonchev–Trinajstić information content (AvgIpc) is 3.04. The van der Waals surface area contributed by atoms with E-state index in [1.54, 1.807) is 23.0 Å². The Hall–Kier alpha value is -3.35. The SMILES string of the molecule is Cc1ccc(-n2ccc(Nc3ccc(/C(N)=N/O)nc3)n2)cc1. The van der Waals surface area contributed by atoms with Gasteiger partial charge in [0, 0.05) is 12.3 Å². The molecule has 23 heavy (non-hydrogen) atoms. The standard InChI is InChI=1S/C16H16N6O/c1-11-2-5-13(6-3-11)22-9-8-15(20-22)19-12-4-7-14(18-10-12)16(17)21-23/h2-10,23H,1H3,(H2,17,21)(H,19,20). The number of hydrogen-bond acceptors (Lipinski definition) is 5. The van der Waals surface area contributed by atoms with Gasteiger partial charge in [-0.2, -0.15) is 5.10 Å². The van der Waals surface area contributed by atoms with Crippen molar-refractivity contribution in [2.75, 3.05) is 5.32 Å². The van der Waals surface area contributed by atoms with E-state index < -0.39 is 0 Å². The van der Waals surface area contributed by atoms with Gasteiger partial charge in [-0.15, -0.1) is 0 Å². The molecular weight excluding hydrogens is 292 g/mol. The maximum atomic E-state index is 8.62.